The number of hydrogen-bond acceptors (Lipinski definition) is 4. The maximum absolute atomic E-state index is 5.68. The molecular weight excluding hydrogens is 204 g/mol. The molecule has 2 unspecified atom stereocenters. The topological polar surface area (TPSA) is 33.7 Å². The van der Waals surface area contributed by atoms with Gasteiger partial charge in [0.05, 0.1) is 25.9 Å². The Morgan fingerprint density at radius 3 is 2.81 bits per heavy atom. The van der Waals surface area contributed by atoms with Crippen molar-refractivity contribution in [1.82, 2.24) is 10.2 Å². The predicted octanol–water partition coefficient (Wildman–Crippen LogP) is 0.228. The predicted molar refractivity (Wildman–Crippen MR) is 61.6 cm³/mol. The second-order valence-electron chi connectivity index (χ2n) is 5.25. The Hall–Kier alpha value is -0.160. The number of hydrogen-bond donors (Lipinski definition) is 1. The van der Waals surface area contributed by atoms with Crippen LogP contribution in [0, 0.1) is 0 Å². The molecule has 2 heterocycles. The highest BCUT2D eigenvalue weighted by Gasteiger charge is 2.30. The van der Waals surface area contributed by atoms with Crippen molar-refractivity contribution in [3.63, 3.8) is 0 Å². The lowest BCUT2D eigenvalue weighted by molar-refractivity contribution is -0.0960. The maximum atomic E-state index is 5.68. The first-order valence-electron chi connectivity index (χ1n) is 6.58. The van der Waals surface area contributed by atoms with Crippen LogP contribution in [0.4, 0.5) is 0 Å². The number of nitrogens with zero attached hydrogens (tertiary/aromatic N) is 1. The second kappa shape index (κ2) is 5.00. The molecule has 2 aliphatic heterocycles. The molecule has 0 radical (unpaired) electrons. The summed E-state index contributed by atoms with van der Waals surface area (Å²) < 4.78 is 11.1. The number of likely N-dealkylation sites (tertiary alicyclic amines) is 1. The summed E-state index contributed by atoms with van der Waals surface area (Å²) in [5, 5.41) is 3.71. The normalized spacial score (nSPS) is 36.8. The van der Waals surface area contributed by atoms with Crippen LogP contribution in [0.2, 0.25) is 0 Å². The monoisotopic (exact) mass is 226 g/mol. The lowest BCUT2D eigenvalue weighted by Crippen LogP contribution is -2.40. The van der Waals surface area contributed by atoms with Crippen LogP contribution in [0.5, 0.6) is 0 Å². The second-order valence-corrected chi connectivity index (χ2v) is 5.25. The maximum Gasteiger partial charge on any atom is 0.0936 e. The largest absolute Gasteiger partial charge is 0.376 e. The Balaban J connectivity index is 1.38. The van der Waals surface area contributed by atoms with E-state index < -0.39 is 0 Å². The van der Waals surface area contributed by atoms with Gasteiger partial charge in [-0.05, 0) is 25.8 Å². The summed E-state index contributed by atoms with van der Waals surface area (Å²) in [5.74, 6) is 0. The average molecular weight is 226 g/mol. The highest BCUT2D eigenvalue weighted by Crippen LogP contribution is 2.22. The standard InChI is InChI=1S/C12H22N2O2/c1-2-10(1)13-11-3-4-14(7-11)8-12-9-15-5-6-16-12/h10-13H,1-9H2. The van der Waals surface area contributed by atoms with Gasteiger partial charge in [-0.25, -0.2) is 0 Å². The van der Waals surface area contributed by atoms with Gasteiger partial charge < -0.3 is 14.8 Å². The van der Waals surface area contributed by atoms with Crippen molar-refractivity contribution < 1.29 is 9.47 Å². The number of ether oxygens (including phenoxy) is 2. The third kappa shape index (κ3) is 2.94. The van der Waals surface area contributed by atoms with Crippen molar-refractivity contribution in [3.8, 4) is 0 Å². The molecule has 4 heteroatoms. The van der Waals surface area contributed by atoms with Crippen molar-refractivity contribution in [2.75, 3.05) is 39.5 Å². The Bertz CT molecular complexity index is 227. The molecule has 0 spiro atoms. The highest BCUT2D eigenvalue weighted by atomic mass is 16.6. The Morgan fingerprint density at radius 1 is 1.12 bits per heavy atom. The molecule has 4 nitrogen and oxygen atoms in total. The lowest BCUT2D eigenvalue weighted by atomic mass is 10.2. The molecule has 3 fully saturated rings. The SMILES string of the molecule is C1COC(CN2CCC(NC3CC3)C2)CO1. The molecular formula is C12H22N2O2. The Morgan fingerprint density at radius 2 is 2.06 bits per heavy atom. The summed E-state index contributed by atoms with van der Waals surface area (Å²) in [6, 6.07) is 1.55. The van der Waals surface area contributed by atoms with Gasteiger partial charge in [0.25, 0.3) is 0 Å². The molecule has 1 saturated carbocycles. The molecule has 2 saturated heterocycles. The van der Waals surface area contributed by atoms with E-state index in [1.165, 1.54) is 32.4 Å². The van der Waals surface area contributed by atoms with Gasteiger partial charge in [0.15, 0.2) is 0 Å². The van der Waals surface area contributed by atoms with Gasteiger partial charge in [-0.2, -0.15) is 0 Å². The van der Waals surface area contributed by atoms with Gasteiger partial charge in [-0.1, -0.05) is 0 Å². The summed E-state index contributed by atoms with van der Waals surface area (Å²) in [4.78, 5) is 2.51. The van der Waals surface area contributed by atoms with Crippen LogP contribution in [-0.4, -0.2) is 62.5 Å². The van der Waals surface area contributed by atoms with Crippen molar-refractivity contribution in [2.45, 2.75) is 37.5 Å². The first-order chi connectivity index (χ1) is 7.90. The van der Waals surface area contributed by atoms with Gasteiger partial charge in [0.2, 0.25) is 0 Å². The molecule has 1 N–H and O–H groups in total. The average Bonchev–Trinajstić information content (AvgIpc) is 3.01. The van der Waals surface area contributed by atoms with Crippen LogP contribution in [0.15, 0.2) is 0 Å². The summed E-state index contributed by atoms with van der Waals surface area (Å²) in [6.45, 7) is 5.76. The van der Waals surface area contributed by atoms with Gasteiger partial charge in [-0.15, -0.1) is 0 Å². The van der Waals surface area contributed by atoms with E-state index in [0.29, 0.717) is 6.10 Å². The molecule has 1 aliphatic carbocycles. The van der Waals surface area contributed by atoms with Crippen molar-refractivity contribution in [3.05, 3.63) is 0 Å². The third-order valence-electron chi connectivity index (χ3n) is 3.67. The van der Waals surface area contributed by atoms with Crippen LogP contribution in [-0.2, 0) is 9.47 Å². The van der Waals surface area contributed by atoms with E-state index in [0.717, 1.165) is 38.4 Å². The minimum atomic E-state index is 0.299. The van der Waals surface area contributed by atoms with E-state index in [4.69, 9.17) is 9.47 Å². The number of rotatable bonds is 4. The minimum Gasteiger partial charge on any atom is -0.376 e. The summed E-state index contributed by atoms with van der Waals surface area (Å²) in [6.07, 6.45) is 4.37. The quantitative estimate of drug-likeness (QED) is 0.744. The molecule has 16 heavy (non-hydrogen) atoms. The molecule has 92 valence electrons. The molecule has 2 atom stereocenters. The zero-order valence-corrected chi connectivity index (χ0v) is 9.86. The zero-order chi connectivity index (χ0) is 10.8. The Labute approximate surface area is 97.3 Å². The fraction of sp³-hybridized carbons (Fsp3) is 1.00. The van der Waals surface area contributed by atoms with E-state index in [-0.39, 0.29) is 0 Å². The lowest BCUT2D eigenvalue weighted by Gasteiger charge is -2.27. The van der Waals surface area contributed by atoms with Crippen molar-refractivity contribution >= 4 is 0 Å². The van der Waals surface area contributed by atoms with E-state index in [1.807, 2.05) is 0 Å². The van der Waals surface area contributed by atoms with Crippen molar-refractivity contribution in [1.29, 1.82) is 0 Å². The van der Waals surface area contributed by atoms with E-state index in [1.54, 1.807) is 0 Å². The van der Waals surface area contributed by atoms with E-state index >= 15 is 0 Å². The molecule has 0 aromatic rings. The van der Waals surface area contributed by atoms with E-state index in [9.17, 15) is 0 Å². The Kier molecular flexibility index (Phi) is 3.43. The van der Waals surface area contributed by atoms with Crippen LogP contribution in [0.25, 0.3) is 0 Å². The van der Waals surface area contributed by atoms with Crippen LogP contribution in [0.1, 0.15) is 19.3 Å². The van der Waals surface area contributed by atoms with Crippen LogP contribution < -0.4 is 5.32 Å². The molecule has 0 bridgehead atoms. The summed E-state index contributed by atoms with van der Waals surface area (Å²) >= 11 is 0. The highest BCUT2D eigenvalue weighted by molar-refractivity contribution is 4.90. The van der Waals surface area contributed by atoms with Gasteiger partial charge in [0.1, 0.15) is 0 Å². The fourth-order valence-corrected chi connectivity index (χ4v) is 2.65. The molecule has 0 amide bonds. The smallest absolute Gasteiger partial charge is 0.0936 e. The summed E-state index contributed by atoms with van der Waals surface area (Å²) in [7, 11) is 0. The first-order valence-corrected chi connectivity index (χ1v) is 6.58. The minimum absolute atomic E-state index is 0.299. The zero-order valence-electron chi connectivity index (χ0n) is 9.86. The van der Waals surface area contributed by atoms with Crippen molar-refractivity contribution in [2.24, 2.45) is 0 Å². The third-order valence-corrected chi connectivity index (χ3v) is 3.67. The molecule has 3 rings (SSSR count). The number of nitrogens with one attached hydrogen (secondary N) is 1. The van der Waals surface area contributed by atoms with Gasteiger partial charge >= 0.3 is 0 Å². The van der Waals surface area contributed by atoms with Gasteiger partial charge in [0, 0.05) is 25.2 Å². The van der Waals surface area contributed by atoms with E-state index in [2.05, 4.69) is 10.2 Å². The first kappa shape index (κ1) is 11.0. The van der Waals surface area contributed by atoms with Crippen LogP contribution in [0.3, 0.4) is 0 Å². The summed E-state index contributed by atoms with van der Waals surface area (Å²) in [5.41, 5.74) is 0. The van der Waals surface area contributed by atoms with Gasteiger partial charge in [-0.3, -0.25) is 4.90 Å². The fourth-order valence-electron chi connectivity index (χ4n) is 2.65. The molecule has 0 aromatic carbocycles. The molecule has 3 aliphatic rings. The molecule has 0 aromatic heterocycles. The van der Waals surface area contributed by atoms with Crippen LogP contribution >= 0.6 is 0 Å².